The monoisotopic (exact) mass is 420 g/mol. The molecular weight excluding hydrogens is 392 g/mol. The van der Waals surface area contributed by atoms with Crippen LogP contribution in [-0.4, -0.2) is 35.1 Å². The molecule has 3 atom stereocenters. The largest absolute Gasteiger partial charge is 0.352 e. The molecule has 2 fully saturated rings. The van der Waals surface area contributed by atoms with Gasteiger partial charge >= 0.3 is 0 Å². The first kappa shape index (κ1) is 20.7. The topological polar surface area (TPSA) is 49.4 Å². The minimum absolute atomic E-state index is 0.0350. The molecule has 1 N–H and O–H groups in total. The molecule has 5 heteroatoms. The van der Waals surface area contributed by atoms with E-state index in [1.165, 1.54) is 5.56 Å². The van der Waals surface area contributed by atoms with Crippen LogP contribution in [0.4, 0.5) is 0 Å². The first-order chi connectivity index (χ1) is 14.5. The normalized spacial score (nSPS) is 25.1. The Morgan fingerprint density at radius 1 is 1.13 bits per heavy atom. The molecule has 1 aliphatic carbocycles. The number of thioether (sulfide) groups is 1. The lowest BCUT2D eigenvalue weighted by molar-refractivity contribution is -0.132. The molecule has 3 unspecified atom stereocenters. The summed E-state index contributed by atoms with van der Waals surface area (Å²) in [5, 5.41) is 3.44. The molecule has 4 nitrogen and oxygen atoms in total. The van der Waals surface area contributed by atoms with Crippen LogP contribution in [0.3, 0.4) is 0 Å². The molecule has 0 aromatic heterocycles. The predicted octanol–water partition coefficient (Wildman–Crippen LogP) is 4.39. The van der Waals surface area contributed by atoms with Crippen molar-refractivity contribution in [2.75, 3.05) is 7.05 Å². The van der Waals surface area contributed by atoms with Crippen LogP contribution in [0.2, 0.25) is 0 Å². The van der Waals surface area contributed by atoms with Gasteiger partial charge in [-0.1, -0.05) is 60.2 Å². The van der Waals surface area contributed by atoms with Crippen molar-refractivity contribution in [3.8, 4) is 0 Å². The third kappa shape index (κ3) is 4.62. The van der Waals surface area contributed by atoms with Gasteiger partial charge in [-0.3, -0.25) is 9.59 Å². The van der Waals surface area contributed by atoms with E-state index in [1.807, 2.05) is 48.4 Å². The van der Waals surface area contributed by atoms with Crippen LogP contribution in [0.1, 0.15) is 36.0 Å². The van der Waals surface area contributed by atoms with Gasteiger partial charge in [0.2, 0.25) is 5.91 Å². The fourth-order valence-electron chi connectivity index (χ4n) is 4.28. The third-order valence-corrected chi connectivity index (χ3v) is 7.52. The van der Waals surface area contributed by atoms with Gasteiger partial charge in [0.25, 0.3) is 5.91 Å². The van der Waals surface area contributed by atoms with Crippen LogP contribution in [0.15, 0.2) is 59.5 Å². The van der Waals surface area contributed by atoms with Crippen LogP contribution >= 0.6 is 11.8 Å². The Balaban J connectivity index is 1.38. The number of nitrogens with one attached hydrogen (secondary N) is 1. The van der Waals surface area contributed by atoms with Crippen molar-refractivity contribution in [2.45, 2.75) is 44.0 Å². The highest BCUT2D eigenvalue weighted by molar-refractivity contribution is 8.04. The number of likely N-dealkylation sites (N-methyl/N-ethyl adjacent to an activating group) is 1. The van der Waals surface area contributed by atoms with Crippen molar-refractivity contribution in [3.63, 3.8) is 0 Å². The number of amides is 2. The summed E-state index contributed by atoms with van der Waals surface area (Å²) >= 11 is 1.69. The molecule has 4 rings (SSSR count). The van der Waals surface area contributed by atoms with Gasteiger partial charge in [-0.2, -0.15) is 0 Å². The fraction of sp³-hybridized carbons (Fsp3) is 0.360. The lowest BCUT2D eigenvalue weighted by atomic mass is 9.83. The summed E-state index contributed by atoms with van der Waals surface area (Å²) in [6.07, 6.45) is 4.54. The highest BCUT2D eigenvalue weighted by Gasteiger charge is 2.42. The van der Waals surface area contributed by atoms with E-state index in [1.54, 1.807) is 11.8 Å². The van der Waals surface area contributed by atoms with Gasteiger partial charge < -0.3 is 10.2 Å². The zero-order chi connectivity index (χ0) is 21.1. The molecule has 2 aliphatic rings. The van der Waals surface area contributed by atoms with Crippen molar-refractivity contribution < 1.29 is 9.59 Å². The van der Waals surface area contributed by atoms with Crippen LogP contribution in [0, 0.1) is 12.8 Å². The Labute approximate surface area is 182 Å². The van der Waals surface area contributed by atoms with Gasteiger partial charge in [-0.15, -0.1) is 11.8 Å². The Morgan fingerprint density at radius 2 is 1.87 bits per heavy atom. The highest BCUT2D eigenvalue weighted by Crippen LogP contribution is 2.43. The molecule has 1 heterocycles. The van der Waals surface area contributed by atoms with Crippen LogP contribution in [0.25, 0.3) is 6.08 Å². The van der Waals surface area contributed by atoms with Crippen LogP contribution in [0.5, 0.6) is 0 Å². The predicted molar refractivity (Wildman–Crippen MR) is 123 cm³/mol. The smallest absolute Gasteiger partial charge is 0.260 e. The van der Waals surface area contributed by atoms with Crippen LogP contribution < -0.4 is 5.32 Å². The number of carbonyl (C=O) groups excluding carboxylic acids is 2. The number of fused-ring (bicyclic) bond motifs is 1. The number of hydrogen-bond acceptors (Lipinski definition) is 3. The number of hydrogen-bond donors (Lipinski definition) is 1. The fourth-order valence-corrected chi connectivity index (χ4v) is 5.76. The van der Waals surface area contributed by atoms with E-state index in [-0.39, 0.29) is 23.8 Å². The molecule has 2 amide bonds. The minimum Gasteiger partial charge on any atom is -0.352 e. The molecule has 2 aromatic carbocycles. The standard InChI is InChI=1S/C25H28N2O2S/c1-17-8-10-19(11-9-17)16-26-24(28)20-12-13-22-21(15-20)27(2)25(29)23(30-22)14-18-6-4-3-5-7-18/h3-11,14,20-22H,12-13,15-16H2,1-2H3,(H,26,28)/b23-14+. The summed E-state index contributed by atoms with van der Waals surface area (Å²) in [5.41, 5.74) is 3.37. The van der Waals surface area contributed by atoms with E-state index in [9.17, 15) is 9.59 Å². The van der Waals surface area contributed by atoms with E-state index in [4.69, 9.17) is 0 Å². The zero-order valence-corrected chi connectivity index (χ0v) is 18.3. The summed E-state index contributed by atoms with van der Waals surface area (Å²) in [6, 6.07) is 18.3. The van der Waals surface area contributed by atoms with Crippen LogP contribution in [-0.2, 0) is 16.1 Å². The number of carbonyl (C=O) groups is 2. The second kappa shape index (κ2) is 9.09. The Hall–Kier alpha value is -2.53. The minimum atomic E-state index is -0.0350. The number of nitrogens with zero attached hydrogens (tertiary/aromatic N) is 1. The van der Waals surface area contributed by atoms with Gasteiger partial charge in [0, 0.05) is 30.8 Å². The average molecular weight is 421 g/mol. The van der Waals surface area contributed by atoms with Gasteiger partial charge in [-0.05, 0) is 43.4 Å². The lowest BCUT2D eigenvalue weighted by Gasteiger charge is -2.44. The Morgan fingerprint density at radius 3 is 2.60 bits per heavy atom. The average Bonchev–Trinajstić information content (AvgIpc) is 2.77. The molecule has 30 heavy (non-hydrogen) atoms. The molecule has 1 saturated carbocycles. The van der Waals surface area contributed by atoms with Gasteiger partial charge in [-0.25, -0.2) is 0 Å². The van der Waals surface area contributed by atoms with E-state index in [2.05, 4.69) is 36.5 Å². The van der Waals surface area contributed by atoms with Gasteiger partial charge in [0.1, 0.15) is 0 Å². The highest BCUT2D eigenvalue weighted by atomic mass is 32.2. The van der Waals surface area contributed by atoms with Crippen molar-refractivity contribution in [1.82, 2.24) is 10.2 Å². The molecular formula is C25H28N2O2S. The number of benzene rings is 2. The second-order valence-electron chi connectivity index (χ2n) is 8.27. The maximum absolute atomic E-state index is 12.9. The first-order valence-corrected chi connectivity index (χ1v) is 11.4. The molecule has 0 bridgehead atoms. The van der Waals surface area contributed by atoms with Crippen molar-refractivity contribution >= 4 is 29.7 Å². The quantitative estimate of drug-likeness (QED) is 0.746. The van der Waals surface area contributed by atoms with E-state index >= 15 is 0 Å². The summed E-state index contributed by atoms with van der Waals surface area (Å²) in [4.78, 5) is 28.4. The molecule has 156 valence electrons. The Kier molecular flexibility index (Phi) is 6.28. The SMILES string of the molecule is Cc1ccc(CNC(=O)C2CCC3S/C(=C/c4ccccc4)C(=O)N(C)C3C2)cc1. The van der Waals surface area contributed by atoms with Gasteiger partial charge in [0.05, 0.1) is 4.91 Å². The first-order valence-electron chi connectivity index (χ1n) is 10.5. The molecule has 2 aromatic rings. The van der Waals surface area contributed by atoms with Crippen molar-refractivity contribution in [1.29, 1.82) is 0 Å². The maximum Gasteiger partial charge on any atom is 0.260 e. The number of rotatable bonds is 4. The third-order valence-electron chi connectivity index (χ3n) is 6.12. The number of aryl methyl sites for hydroxylation is 1. The molecule has 0 radical (unpaired) electrons. The summed E-state index contributed by atoms with van der Waals surface area (Å²) in [7, 11) is 1.88. The zero-order valence-electron chi connectivity index (χ0n) is 17.5. The summed E-state index contributed by atoms with van der Waals surface area (Å²) in [6.45, 7) is 2.61. The Bertz CT molecular complexity index is 939. The second-order valence-corrected chi connectivity index (χ2v) is 9.55. The molecule has 1 aliphatic heterocycles. The van der Waals surface area contributed by atoms with Crippen molar-refractivity contribution in [2.24, 2.45) is 5.92 Å². The van der Waals surface area contributed by atoms with Crippen molar-refractivity contribution in [3.05, 3.63) is 76.2 Å². The molecule has 1 saturated heterocycles. The summed E-state index contributed by atoms with van der Waals surface area (Å²) in [5.74, 6) is 0.128. The lowest BCUT2D eigenvalue weighted by Crippen LogP contribution is -2.52. The van der Waals surface area contributed by atoms with E-state index < -0.39 is 0 Å². The molecule has 0 spiro atoms. The van der Waals surface area contributed by atoms with Gasteiger partial charge in [0.15, 0.2) is 0 Å². The van der Waals surface area contributed by atoms with E-state index in [0.717, 1.165) is 35.3 Å². The maximum atomic E-state index is 12.9. The summed E-state index contributed by atoms with van der Waals surface area (Å²) < 4.78 is 0. The van der Waals surface area contributed by atoms with E-state index in [0.29, 0.717) is 11.8 Å².